The quantitative estimate of drug-likeness (QED) is 0.383. The summed E-state index contributed by atoms with van der Waals surface area (Å²) in [5, 5.41) is 0.394. The summed E-state index contributed by atoms with van der Waals surface area (Å²) in [5.74, 6) is -4.67. The summed E-state index contributed by atoms with van der Waals surface area (Å²) in [6.07, 6.45) is -5.10. The predicted molar refractivity (Wildman–Crippen MR) is 69.6 cm³/mol. The van der Waals surface area contributed by atoms with E-state index in [1.165, 1.54) is 0 Å². The zero-order valence-corrected chi connectivity index (χ0v) is 12.4. The second kappa shape index (κ2) is 7.70. The molecule has 0 saturated carbocycles. The highest BCUT2D eigenvalue weighted by molar-refractivity contribution is 6.13. The Balaban J connectivity index is 2.76. The van der Waals surface area contributed by atoms with Crippen molar-refractivity contribution in [2.75, 3.05) is 7.05 Å². The standard InChI is InChI=1S/C13H13F3N2O6/c1-17(9(20)3-2-6-19)24-12(23)7-8(13(14,15)16)18-10(21)4-5-11(18)22/h4-6,8H,2-3,7H2,1H3. The Kier molecular flexibility index (Phi) is 6.20. The van der Waals surface area contributed by atoms with Gasteiger partial charge in [0.1, 0.15) is 12.3 Å². The normalized spacial score (nSPS) is 15.4. The maximum absolute atomic E-state index is 13.0. The molecule has 132 valence electrons. The predicted octanol–water partition coefficient (Wildman–Crippen LogP) is 0.128. The van der Waals surface area contributed by atoms with E-state index in [1.807, 2.05) is 0 Å². The van der Waals surface area contributed by atoms with Gasteiger partial charge in [-0.1, -0.05) is 0 Å². The molecule has 0 spiro atoms. The Bertz CT molecular complexity index is 569. The monoisotopic (exact) mass is 350 g/mol. The molecule has 0 aromatic rings. The molecule has 1 atom stereocenters. The fourth-order valence-electron chi connectivity index (χ4n) is 1.81. The van der Waals surface area contributed by atoms with Gasteiger partial charge in [0.2, 0.25) is 0 Å². The summed E-state index contributed by atoms with van der Waals surface area (Å²) in [6.45, 7) is 0. The van der Waals surface area contributed by atoms with Gasteiger partial charge in [-0.15, -0.1) is 0 Å². The zero-order valence-electron chi connectivity index (χ0n) is 12.4. The highest BCUT2D eigenvalue weighted by Gasteiger charge is 2.50. The molecule has 1 heterocycles. The Hall–Kier alpha value is -2.72. The minimum atomic E-state index is -5.06. The van der Waals surface area contributed by atoms with E-state index in [9.17, 15) is 37.1 Å². The number of imide groups is 1. The van der Waals surface area contributed by atoms with Crippen molar-refractivity contribution >= 4 is 30.0 Å². The van der Waals surface area contributed by atoms with Crippen LogP contribution in [0.15, 0.2) is 12.2 Å². The molecule has 8 nitrogen and oxygen atoms in total. The van der Waals surface area contributed by atoms with Crippen LogP contribution in [0.2, 0.25) is 0 Å². The molecular formula is C13H13F3N2O6. The molecule has 0 aromatic heterocycles. The fourth-order valence-corrected chi connectivity index (χ4v) is 1.81. The molecule has 3 amide bonds. The summed E-state index contributed by atoms with van der Waals surface area (Å²) in [5.41, 5.74) is 0. The first-order valence-electron chi connectivity index (χ1n) is 6.61. The van der Waals surface area contributed by atoms with Gasteiger partial charge in [-0.3, -0.25) is 19.3 Å². The molecule has 1 unspecified atom stereocenters. The molecule has 0 N–H and O–H groups in total. The zero-order chi connectivity index (χ0) is 18.5. The number of alkyl halides is 3. The molecule has 1 rings (SSSR count). The van der Waals surface area contributed by atoms with Crippen molar-refractivity contribution in [1.82, 2.24) is 9.96 Å². The summed E-state index contributed by atoms with van der Waals surface area (Å²) in [6, 6.07) is -2.71. The number of rotatable bonds is 6. The first-order chi connectivity index (χ1) is 11.1. The molecule has 0 bridgehead atoms. The van der Waals surface area contributed by atoms with Crippen LogP contribution in [-0.4, -0.2) is 59.2 Å². The third kappa shape index (κ3) is 4.89. The number of aldehydes is 1. The minimum absolute atomic E-state index is 0.102. The van der Waals surface area contributed by atoms with Crippen molar-refractivity contribution in [3.05, 3.63) is 12.2 Å². The molecule has 11 heteroatoms. The van der Waals surface area contributed by atoms with Crippen LogP contribution in [0.1, 0.15) is 19.3 Å². The second-order valence-electron chi connectivity index (χ2n) is 4.70. The van der Waals surface area contributed by atoms with E-state index in [1.54, 1.807) is 0 Å². The van der Waals surface area contributed by atoms with Gasteiger partial charge in [0.15, 0.2) is 0 Å². The van der Waals surface area contributed by atoms with E-state index < -0.39 is 42.3 Å². The van der Waals surface area contributed by atoms with Crippen molar-refractivity contribution in [3.8, 4) is 0 Å². The van der Waals surface area contributed by atoms with Crippen molar-refractivity contribution in [2.45, 2.75) is 31.5 Å². The number of amides is 3. The highest BCUT2D eigenvalue weighted by Crippen LogP contribution is 2.29. The average Bonchev–Trinajstić information content (AvgIpc) is 2.80. The maximum Gasteiger partial charge on any atom is 0.409 e. The topological polar surface area (TPSA) is 101 Å². The lowest BCUT2D eigenvalue weighted by Gasteiger charge is -2.27. The van der Waals surface area contributed by atoms with Crippen LogP contribution in [0.3, 0.4) is 0 Å². The number of carbonyl (C=O) groups excluding carboxylic acids is 5. The largest absolute Gasteiger partial charge is 0.409 e. The van der Waals surface area contributed by atoms with Crippen LogP contribution >= 0.6 is 0 Å². The summed E-state index contributed by atoms with van der Waals surface area (Å²) >= 11 is 0. The van der Waals surface area contributed by atoms with Gasteiger partial charge in [0.25, 0.3) is 17.7 Å². The first kappa shape index (κ1) is 19.3. The minimum Gasteiger partial charge on any atom is -0.338 e. The Labute approximate surface area is 133 Å². The van der Waals surface area contributed by atoms with E-state index in [0.717, 1.165) is 7.05 Å². The van der Waals surface area contributed by atoms with Crippen molar-refractivity contribution in [3.63, 3.8) is 0 Å². The Morgan fingerprint density at radius 1 is 1.29 bits per heavy atom. The lowest BCUT2D eigenvalue weighted by Crippen LogP contribution is -2.50. The van der Waals surface area contributed by atoms with Crippen LogP contribution in [0, 0.1) is 0 Å². The highest BCUT2D eigenvalue weighted by atomic mass is 19.4. The molecular weight excluding hydrogens is 337 g/mol. The van der Waals surface area contributed by atoms with Gasteiger partial charge in [0, 0.05) is 32.0 Å². The summed E-state index contributed by atoms with van der Waals surface area (Å²) in [4.78, 5) is 60.2. The molecule has 24 heavy (non-hydrogen) atoms. The van der Waals surface area contributed by atoms with E-state index in [-0.39, 0.29) is 17.7 Å². The first-order valence-corrected chi connectivity index (χ1v) is 6.61. The lowest BCUT2D eigenvalue weighted by molar-refractivity contribution is -0.208. The molecule has 0 saturated heterocycles. The number of carbonyl (C=O) groups is 5. The lowest BCUT2D eigenvalue weighted by atomic mass is 10.1. The fraction of sp³-hybridized carbons (Fsp3) is 0.462. The smallest absolute Gasteiger partial charge is 0.338 e. The molecule has 0 aromatic carbocycles. The number of hydrogen-bond acceptors (Lipinski definition) is 6. The van der Waals surface area contributed by atoms with Gasteiger partial charge in [-0.25, -0.2) is 4.79 Å². The van der Waals surface area contributed by atoms with Crippen LogP contribution in [-0.2, 0) is 28.8 Å². The molecule has 0 aliphatic carbocycles. The van der Waals surface area contributed by atoms with Gasteiger partial charge in [0.05, 0.1) is 6.42 Å². The van der Waals surface area contributed by atoms with Gasteiger partial charge in [-0.2, -0.15) is 18.2 Å². The Morgan fingerprint density at radius 2 is 1.83 bits per heavy atom. The van der Waals surface area contributed by atoms with Crippen molar-refractivity contribution in [1.29, 1.82) is 0 Å². The number of nitrogens with zero attached hydrogens (tertiary/aromatic N) is 2. The van der Waals surface area contributed by atoms with Crippen molar-refractivity contribution < 1.29 is 42.0 Å². The summed E-state index contributed by atoms with van der Waals surface area (Å²) < 4.78 is 39.1. The Morgan fingerprint density at radius 3 is 2.29 bits per heavy atom. The van der Waals surface area contributed by atoms with E-state index in [4.69, 9.17) is 0 Å². The third-order valence-corrected chi connectivity index (χ3v) is 2.96. The van der Waals surface area contributed by atoms with Gasteiger partial charge >= 0.3 is 12.1 Å². The van der Waals surface area contributed by atoms with E-state index in [0.29, 0.717) is 23.5 Å². The van der Waals surface area contributed by atoms with E-state index in [2.05, 4.69) is 4.84 Å². The second-order valence-corrected chi connectivity index (χ2v) is 4.70. The summed E-state index contributed by atoms with van der Waals surface area (Å²) in [7, 11) is 0.987. The maximum atomic E-state index is 13.0. The van der Waals surface area contributed by atoms with Crippen LogP contribution in [0.5, 0.6) is 0 Å². The molecule has 1 aliphatic heterocycles. The van der Waals surface area contributed by atoms with Gasteiger partial charge < -0.3 is 9.63 Å². The molecule has 0 fully saturated rings. The van der Waals surface area contributed by atoms with E-state index >= 15 is 0 Å². The van der Waals surface area contributed by atoms with Crippen LogP contribution < -0.4 is 0 Å². The number of hydrogen-bond donors (Lipinski definition) is 0. The molecule has 0 radical (unpaired) electrons. The third-order valence-electron chi connectivity index (χ3n) is 2.96. The SMILES string of the molecule is CN(OC(=O)CC(N1C(=O)C=CC1=O)C(F)(F)F)C(=O)CCC=O. The van der Waals surface area contributed by atoms with Crippen molar-refractivity contribution in [2.24, 2.45) is 0 Å². The average molecular weight is 350 g/mol. The van der Waals surface area contributed by atoms with Crippen LogP contribution in [0.4, 0.5) is 13.2 Å². The van der Waals surface area contributed by atoms with Crippen LogP contribution in [0.25, 0.3) is 0 Å². The van der Waals surface area contributed by atoms with Gasteiger partial charge in [-0.05, 0) is 0 Å². The number of hydroxylamine groups is 2. The molecule has 1 aliphatic rings. The number of halogens is 3.